The number of nitrogens with two attached hydrogens (primary N) is 1. The number of nitrogen functional groups attached to an aromatic ring is 1. The lowest BCUT2D eigenvalue weighted by molar-refractivity contribution is 0.0953. The van der Waals surface area contributed by atoms with Crippen molar-refractivity contribution >= 4 is 29.1 Å². The maximum atomic E-state index is 12.0. The van der Waals surface area contributed by atoms with Gasteiger partial charge in [0, 0.05) is 52.9 Å². The summed E-state index contributed by atoms with van der Waals surface area (Å²) in [5.74, 6) is 5.18. The van der Waals surface area contributed by atoms with Crippen LogP contribution in [-0.4, -0.2) is 38.4 Å². The van der Waals surface area contributed by atoms with Gasteiger partial charge < -0.3 is 5.32 Å². The van der Waals surface area contributed by atoms with Crippen molar-refractivity contribution in [3.05, 3.63) is 65.6 Å². The molecule has 0 spiro atoms. The summed E-state index contributed by atoms with van der Waals surface area (Å²) >= 11 is 1.44. The number of hydrazine groups is 1. The number of carbonyl (C=O) groups is 2. The van der Waals surface area contributed by atoms with Gasteiger partial charge in [0.05, 0.1) is 11.3 Å². The van der Waals surface area contributed by atoms with Crippen molar-refractivity contribution in [3.8, 4) is 33.1 Å². The average molecular weight is 475 g/mol. The van der Waals surface area contributed by atoms with Gasteiger partial charge in [-0.1, -0.05) is 6.07 Å². The minimum Gasteiger partial charge on any atom is -0.338 e. The zero-order valence-electron chi connectivity index (χ0n) is 18.5. The van der Waals surface area contributed by atoms with Crippen LogP contribution < -0.4 is 21.9 Å². The zero-order valence-corrected chi connectivity index (χ0v) is 19.3. The number of hydrogen-bond acceptors (Lipinski definition) is 8. The van der Waals surface area contributed by atoms with E-state index in [9.17, 15) is 9.59 Å². The Bertz CT molecular complexity index is 1350. The third kappa shape index (κ3) is 5.05. The van der Waals surface area contributed by atoms with Crippen LogP contribution >= 0.6 is 11.3 Å². The quantitative estimate of drug-likeness (QED) is 0.190. The molecular weight excluding hydrogens is 452 g/mol. The summed E-state index contributed by atoms with van der Waals surface area (Å²) in [5, 5.41) is 8.03. The monoisotopic (exact) mass is 474 g/mol. The zero-order chi connectivity index (χ0) is 24.1. The van der Waals surface area contributed by atoms with Gasteiger partial charge in [0.25, 0.3) is 5.91 Å². The van der Waals surface area contributed by atoms with E-state index in [2.05, 4.69) is 31.0 Å². The summed E-state index contributed by atoms with van der Waals surface area (Å²) in [6, 6.07) is 8.81. The van der Waals surface area contributed by atoms with Gasteiger partial charge in [0.1, 0.15) is 16.5 Å². The molecule has 0 bridgehead atoms. The Hall–Kier alpha value is -4.22. The molecule has 0 aliphatic rings. The van der Waals surface area contributed by atoms with Gasteiger partial charge in [-0.15, -0.1) is 11.3 Å². The largest absolute Gasteiger partial charge is 0.338 e. The van der Waals surface area contributed by atoms with Gasteiger partial charge >= 0.3 is 6.03 Å². The van der Waals surface area contributed by atoms with Crippen LogP contribution in [0.5, 0.6) is 0 Å². The van der Waals surface area contributed by atoms with Crippen molar-refractivity contribution in [2.75, 3.05) is 11.9 Å². The molecule has 0 aliphatic heterocycles. The maximum absolute atomic E-state index is 12.0. The summed E-state index contributed by atoms with van der Waals surface area (Å²) in [6.07, 6.45) is 4.67. The number of rotatable bonds is 6. The molecule has 0 atom stereocenters. The standard InChI is InChI=1S/C23H22N8O2S/c1-3-26-23(33)30-20-8-16(22-29-19(12-34-22)18-6-4-5-13(2)28-18)17(11-27-20)14-7-15(10-25-9-14)21(32)31-24/h4-12H,3,24H2,1-2H3,(H,31,32)(H2,26,27,30,33). The van der Waals surface area contributed by atoms with Crippen LogP contribution in [0.15, 0.2) is 54.3 Å². The van der Waals surface area contributed by atoms with E-state index in [1.165, 1.54) is 17.5 Å². The van der Waals surface area contributed by atoms with Gasteiger partial charge in [0.2, 0.25) is 0 Å². The fraction of sp³-hybridized carbons (Fsp3) is 0.130. The van der Waals surface area contributed by atoms with E-state index in [1.807, 2.05) is 37.4 Å². The number of hydrogen-bond donors (Lipinski definition) is 4. The lowest BCUT2D eigenvalue weighted by atomic mass is 10.0. The fourth-order valence-electron chi connectivity index (χ4n) is 3.25. The van der Waals surface area contributed by atoms with Crippen molar-refractivity contribution in [2.24, 2.45) is 5.84 Å². The number of urea groups is 1. The number of nitrogens with one attached hydrogen (secondary N) is 3. The van der Waals surface area contributed by atoms with E-state index in [-0.39, 0.29) is 6.03 Å². The maximum Gasteiger partial charge on any atom is 0.320 e. The molecule has 4 aromatic heterocycles. The third-order valence-corrected chi connectivity index (χ3v) is 5.69. The molecule has 0 unspecified atom stereocenters. The molecule has 0 radical (unpaired) electrons. The summed E-state index contributed by atoms with van der Waals surface area (Å²) in [5.41, 5.74) is 6.87. The molecule has 4 heterocycles. The van der Waals surface area contributed by atoms with Gasteiger partial charge in [-0.3, -0.25) is 25.5 Å². The second kappa shape index (κ2) is 10.1. The second-order valence-corrected chi connectivity index (χ2v) is 8.10. The highest BCUT2D eigenvalue weighted by atomic mass is 32.1. The highest BCUT2D eigenvalue weighted by Crippen LogP contribution is 2.36. The predicted octanol–water partition coefficient (Wildman–Crippen LogP) is 3.38. The molecule has 0 saturated heterocycles. The fourth-order valence-corrected chi connectivity index (χ4v) is 4.09. The predicted molar refractivity (Wildman–Crippen MR) is 131 cm³/mol. The Kier molecular flexibility index (Phi) is 6.85. The number of amides is 3. The van der Waals surface area contributed by atoms with Crippen molar-refractivity contribution in [1.29, 1.82) is 0 Å². The van der Waals surface area contributed by atoms with Crippen molar-refractivity contribution < 1.29 is 9.59 Å². The molecule has 4 rings (SSSR count). The first-order valence-corrected chi connectivity index (χ1v) is 11.3. The number of nitrogens with zero attached hydrogens (tertiary/aromatic N) is 4. The van der Waals surface area contributed by atoms with E-state index in [4.69, 9.17) is 10.8 Å². The average Bonchev–Trinajstić information content (AvgIpc) is 3.34. The van der Waals surface area contributed by atoms with Crippen LogP contribution in [0, 0.1) is 6.92 Å². The first-order valence-electron chi connectivity index (χ1n) is 10.4. The van der Waals surface area contributed by atoms with E-state index in [0.29, 0.717) is 34.1 Å². The van der Waals surface area contributed by atoms with Crippen LogP contribution in [0.2, 0.25) is 0 Å². The molecule has 0 aromatic carbocycles. The van der Waals surface area contributed by atoms with Gasteiger partial charge in [-0.25, -0.2) is 20.6 Å². The number of pyridine rings is 3. The van der Waals surface area contributed by atoms with Crippen molar-refractivity contribution in [1.82, 2.24) is 30.7 Å². The summed E-state index contributed by atoms with van der Waals surface area (Å²) < 4.78 is 0. The van der Waals surface area contributed by atoms with Crippen LogP contribution in [0.25, 0.3) is 33.1 Å². The van der Waals surface area contributed by atoms with Crippen molar-refractivity contribution in [2.45, 2.75) is 13.8 Å². The molecule has 34 heavy (non-hydrogen) atoms. The Morgan fingerprint density at radius 2 is 1.91 bits per heavy atom. The molecule has 3 amide bonds. The molecule has 4 aromatic rings. The molecular formula is C23H22N8O2S. The van der Waals surface area contributed by atoms with Crippen LogP contribution in [0.1, 0.15) is 23.0 Å². The SMILES string of the molecule is CCNC(=O)Nc1cc(-c2nc(-c3cccc(C)n3)cs2)c(-c2cncc(C(=O)NN)c2)cn1. The van der Waals surface area contributed by atoms with E-state index in [1.54, 1.807) is 24.5 Å². The molecule has 11 heteroatoms. The van der Waals surface area contributed by atoms with Gasteiger partial charge in [-0.05, 0) is 38.1 Å². The Morgan fingerprint density at radius 3 is 2.68 bits per heavy atom. The Morgan fingerprint density at radius 1 is 1.06 bits per heavy atom. The number of aryl methyl sites for hydroxylation is 1. The Labute approximate surface area is 199 Å². The second-order valence-electron chi connectivity index (χ2n) is 7.24. The summed E-state index contributed by atoms with van der Waals surface area (Å²) in [6.45, 7) is 4.24. The van der Waals surface area contributed by atoms with Crippen LogP contribution in [0.3, 0.4) is 0 Å². The van der Waals surface area contributed by atoms with Crippen LogP contribution in [0.4, 0.5) is 10.6 Å². The first kappa shape index (κ1) is 23.0. The molecule has 0 fully saturated rings. The smallest absolute Gasteiger partial charge is 0.320 e. The first-order chi connectivity index (χ1) is 16.5. The normalized spacial score (nSPS) is 10.6. The molecule has 5 N–H and O–H groups in total. The van der Waals surface area contributed by atoms with Gasteiger partial charge in [0.15, 0.2) is 0 Å². The molecule has 0 aliphatic carbocycles. The lowest BCUT2D eigenvalue weighted by Gasteiger charge is -2.11. The summed E-state index contributed by atoms with van der Waals surface area (Å²) in [7, 11) is 0. The number of thiazole rings is 1. The van der Waals surface area contributed by atoms with E-state index < -0.39 is 5.91 Å². The minimum absolute atomic E-state index is 0.305. The van der Waals surface area contributed by atoms with Crippen LogP contribution in [-0.2, 0) is 0 Å². The minimum atomic E-state index is -0.458. The molecule has 10 nitrogen and oxygen atoms in total. The highest BCUT2D eigenvalue weighted by Gasteiger charge is 2.17. The topological polar surface area (TPSA) is 148 Å². The van der Waals surface area contributed by atoms with Gasteiger partial charge in [-0.2, -0.15) is 0 Å². The lowest BCUT2D eigenvalue weighted by Crippen LogP contribution is -2.30. The van der Waals surface area contributed by atoms with Crippen molar-refractivity contribution in [3.63, 3.8) is 0 Å². The van der Waals surface area contributed by atoms with E-state index >= 15 is 0 Å². The van der Waals surface area contributed by atoms with E-state index in [0.717, 1.165) is 22.6 Å². The Balaban J connectivity index is 1.80. The number of anilines is 1. The molecule has 172 valence electrons. The molecule has 0 saturated carbocycles. The highest BCUT2D eigenvalue weighted by molar-refractivity contribution is 7.13. The number of aromatic nitrogens is 4. The third-order valence-electron chi connectivity index (χ3n) is 4.81. The summed E-state index contributed by atoms with van der Waals surface area (Å²) in [4.78, 5) is 41.9. The number of carbonyl (C=O) groups excluding carboxylic acids is 2.